The van der Waals surface area contributed by atoms with Gasteiger partial charge in [-0.2, -0.15) is 0 Å². The number of ether oxygens (including phenoxy) is 1. The fourth-order valence-electron chi connectivity index (χ4n) is 4.39. The second kappa shape index (κ2) is 7.26. The van der Waals surface area contributed by atoms with Gasteiger partial charge in [0.25, 0.3) is 10.0 Å². The van der Waals surface area contributed by atoms with E-state index >= 15 is 0 Å². The standard InChI is InChI=1S/C22H26N2O3S/c1-23(2)15-16-8-7-11-21-22(16)19-14-17(27-3)12-13-20(19)24(21)28(25,26)18-9-5-4-6-10-18/h4-6,9-10,12-14,16H,7-8,11,15H2,1-3H3/t16-/m0/s1. The van der Waals surface area contributed by atoms with Crippen LogP contribution < -0.4 is 4.74 Å². The van der Waals surface area contributed by atoms with Crippen molar-refractivity contribution in [3.05, 3.63) is 59.8 Å². The van der Waals surface area contributed by atoms with Gasteiger partial charge < -0.3 is 9.64 Å². The number of methoxy groups -OCH3 is 1. The zero-order valence-corrected chi connectivity index (χ0v) is 17.4. The molecular formula is C22H26N2O3S. The van der Waals surface area contributed by atoms with Gasteiger partial charge in [0.05, 0.1) is 17.5 Å². The third-order valence-electron chi connectivity index (χ3n) is 5.51. The van der Waals surface area contributed by atoms with Crippen molar-refractivity contribution < 1.29 is 13.2 Å². The van der Waals surface area contributed by atoms with Gasteiger partial charge in [0.1, 0.15) is 5.75 Å². The Hall–Kier alpha value is -2.31. The molecule has 0 bridgehead atoms. The van der Waals surface area contributed by atoms with E-state index < -0.39 is 10.0 Å². The van der Waals surface area contributed by atoms with E-state index in [0.717, 1.165) is 53.7 Å². The Morgan fingerprint density at radius 3 is 2.57 bits per heavy atom. The van der Waals surface area contributed by atoms with E-state index in [0.29, 0.717) is 10.8 Å². The maximum atomic E-state index is 13.6. The molecule has 0 N–H and O–H groups in total. The highest BCUT2D eigenvalue weighted by Gasteiger charge is 2.32. The van der Waals surface area contributed by atoms with Crippen LogP contribution in [-0.2, 0) is 16.4 Å². The fourth-order valence-corrected chi connectivity index (χ4v) is 6.00. The van der Waals surface area contributed by atoms with Crippen molar-refractivity contribution in [2.45, 2.75) is 30.1 Å². The third kappa shape index (κ3) is 3.10. The molecule has 0 fully saturated rings. The van der Waals surface area contributed by atoms with Crippen molar-refractivity contribution in [2.24, 2.45) is 0 Å². The molecule has 3 aromatic rings. The molecule has 5 nitrogen and oxygen atoms in total. The van der Waals surface area contributed by atoms with Crippen LogP contribution in [-0.4, -0.2) is 45.0 Å². The first-order chi connectivity index (χ1) is 13.4. The van der Waals surface area contributed by atoms with Crippen molar-refractivity contribution in [1.29, 1.82) is 0 Å². The zero-order chi connectivity index (χ0) is 19.9. The molecule has 148 valence electrons. The third-order valence-corrected chi connectivity index (χ3v) is 7.28. The number of hydrogen-bond donors (Lipinski definition) is 0. The van der Waals surface area contributed by atoms with Gasteiger partial charge in [0, 0.05) is 17.6 Å². The highest BCUT2D eigenvalue weighted by Crippen LogP contribution is 2.42. The number of likely N-dealkylation sites (N-methyl/N-ethyl adjacent to an activating group) is 1. The minimum atomic E-state index is -3.67. The maximum Gasteiger partial charge on any atom is 0.268 e. The lowest BCUT2D eigenvalue weighted by molar-refractivity contribution is 0.352. The monoisotopic (exact) mass is 398 g/mol. The van der Waals surface area contributed by atoms with Crippen LogP contribution in [0.25, 0.3) is 10.9 Å². The summed E-state index contributed by atoms with van der Waals surface area (Å²) in [6, 6.07) is 14.4. The Labute approximate surface area is 166 Å². The SMILES string of the molecule is COc1ccc2c(c1)c1c(n2S(=O)(=O)c2ccccc2)CCC[C@H]1CN(C)C. The molecule has 1 atom stereocenters. The number of fused-ring (bicyclic) bond motifs is 3. The van der Waals surface area contributed by atoms with Crippen LogP contribution in [0.15, 0.2) is 53.4 Å². The zero-order valence-electron chi connectivity index (χ0n) is 16.6. The van der Waals surface area contributed by atoms with Gasteiger partial charge in [-0.3, -0.25) is 0 Å². The van der Waals surface area contributed by atoms with Gasteiger partial charge in [-0.1, -0.05) is 18.2 Å². The summed E-state index contributed by atoms with van der Waals surface area (Å²) in [5, 5.41) is 0.986. The molecule has 0 unspecified atom stereocenters. The van der Waals surface area contributed by atoms with Crippen molar-refractivity contribution in [3.63, 3.8) is 0 Å². The second-order valence-electron chi connectivity index (χ2n) is 7.68. The Morgan fingerprint density at radius 1 is 1.14 bits per heavy atom. The van der Waals surface area contributed by atoms with Crippen LogP contribution in [0, 0.1) is 0 Å². The summed E-state index contributed by atoms with van der Waals surface area (Å²) in [6.45, 7) is 0.898. The van der Waals surface area contributed by atoms with Gasteiger partial charge in [0.2, 0.25) is 0 Å². The summed E-state index contributed by atoms with van der Waals surface area (Å²) in [7, 11) is 2.10. The predicted molar refractivity (Wildman–Crippen MR) is 112 cm³/mol. The average Bonchev–Trinajstić information content (AvgIpc) is 3.03. The lowest BCUT2D eigenvalue weighted by Crippen LogP contribution is -2.25. The van der Waals surface area contributed by atoms with Crippen LogP contribution in [0.5, 0.6) is 5.75 Å². The van der Waals surface area contributed by atoms with Crippen LogP contribution in [0.1, 0.15) is 30.0 Å². The Kier molecular flexibility index (Phi) is 4.93. The summed E-state index contributed by atoms with van der Waals surface area (Å²) in [5.41, 5.74) is 2.82. The first-order valence-corrected chi connectivity index (χ1v) is 11.0. The molecule has 1 heterocycles. The molecule has 0 radical (unpaired) electrons. The molecule has 1 aliphatic carbocycles. The van der Waals surface area contributed by atoms with Crippen molar-refractivity contribution in [3.8, 4) is 5.75 Å². The Bertz CT molecular complexity index is 1100. The van der Waals surface area contributed by atoms with Gasteiger partial charge in [-0.25, -0.2) is 12.4 Å². The summed E-state index contributed by atoms with van der Waals surface area (Å²) < 4.78 is 34.2. The van der Waals surface area contributed by atoms with E-state index in [9.17, 15) is 8.42 Å². The fraction of sp³-hybridized carbons (Fsp3) is 0.364. The summed E-state index contributed by atoms with van der Waals surface area (Å²) in [5.74, 6) is 1.05. The molecule has 0 saturated heterocycles. The minimum absolute atomic E-state index is 0.306. The lowest BCUT2D eigenvalue weighted by Gasteiger charge is -2.27. The maximum absolute atomic E-state index is 13.6. The van der Waals surface area contributed by atoms with E-state index in [1.807, 2.05) is 24.3 Å². The second-order valence-corrected chi connectivity index (χ2v) is 9.46. The summed E-state index contributed by atoms with van der Waals surface area (Å²) in [4.78, 5) is 2.50. The van der Waals surface area contributed by atoms with Crippen LogP contribution >= 0.6 is 0 Å². The van der Waals surface area contributed by atoms with E-state index in [1.54, 1.807) is 35.3 Å². The molecule has 28 heavy (non-hydrogen) atoms. The normalized spacial score (nSPS) is 17.1. The number of benzene rings is 2. The first kappa shape index (κ1) is 19.0. The molecule has 0 aliphatic heterocycles. The van der Waals surface area contributed by atoms with Crippen LogP contribution in [0.4, 0.5) is 0 Å². The topological polar surface area (TPSA) is 51.5 Å². The van der Waals surface area contributed by atoms with Gasteiger partial charge in [-0.05, 0) is 75.2 Å². The van der Waals surface area contributed by atoms with E-state index in [-0.39, 0.29) is 0 Å². The first-order valence-electron chi connectivity index (χ1n) is 9.60. The van der Waals surface area contributed by atoms with Crippen molar-refractivity contribution >= 4 is 20.9 Å². The van der Waals surface area contributed by atoms with Crippen molar-refractivity contribution in [1.82, 2.24) is 8.87 Å². The highest BCUT2D eigenvalue weighted by atomic mass is 32.2. The molecule has 2 aromatic carbocycles. The molecule has 0 spiro atoms. The van der Waals surface area contributed by atoms with E-state index in [4.69, 9.17) is 4.74 Å². The molecule has 6 heteroatoms. The summed E-state index contributed by atoms with van der Waals surface area (Å²) >= 11 is 0. The molecule has 4 rings (SSSR count). The van der Waals surface area contributed by atoms with Gasteiger partial charge in [-0.15, -0.1) is 0 Å². The molecular weight excluding hydrogens is 372 g/mol. The van der Waals surface area contributed by atoms with E-state index in [1.165, 1.54) is 0 Å². The largest absolute Gasteiger partial charge is 0.497 e. The van der Waals surface area contributed by atoms with Gasteiger partial charge >= 0.3 is 0 Å². The van der Waals surface area contributed by atoms with Crippen molar-refractivity contribution in [2.75, 3.05) is 27.7 Å². The summed E-state index contributed by atoms with van der Waals surface area (Å²) in [6.07, 6.45) is 2.82. The van der Waals surface area contributed by atoms with E-state index in [2.05, 4.69) is 19.0 Å². The van der Waals surface area contributed by atoms with Crippen LogP contribution in [0.2, 0.25) is 0 Å². The van der Waals surface area contributed by atoms with Gasteiger partial charge in [0.15, 0.2) is 0 Å². The predicted octanol–water partition coefficient (Wildman–Crippen LogP) is 3.87. The number of aromatic nitrogens is 1. The van der Waals surface area contributed by atoms with Crippen LogP contribution in [0.3, 0.4) is 0 Å². The highest BCUT2D eigenvalue weighted by molar-refractivity contribution is 7.90. The smallest absolute Gasteiger partial charge is 0.268 e. The number of rotatable bonds is 5. The Morgan fingerprint density at radius 2 is 1.89 bits per heavy atom. The minimum Gasteiger partial charge on any atom is -0.497 e. The molecule has 1 aliphatic rings. The molecule has 0 amide bonds. The quantitative estimate of drug-likeness (QED) is 0.655. The Balaban J connectivity index is 2.03. The number of hydrogen-bond acceptors (Lipinski definition) is 4. The number of nitrogens with zero attached hydrogens (tertiary/aromatic N) is 2. The molecule has 1 aromatic heterocycles. The molecule has 0 saturated carbocycles. The lowest BCUT2D eigenvalue weighted by atomic mass is 9.85. The average molecular weight is 399 g/mol.